The van der Waals surface area contributed by atoms with Gasteiger partial charge in [-0.2, -0.15) is 0 Å². The van der Waals surface area contributed by atoms with E-state index in [1.165, 1.54) is 0 Å². The van der Waals surface area contributed by atoms with E-state index in [-0.39, 0.29) is 12.1 Å². The predicted molar refractivity (Wildman–Crippen MR) is 37.7 cm³/mol. The third-order valence-electron chi connectivity index (χ3n) is 0.947. The Hall–Kier alpha value is 0.0300. The molecule has 0 aliphatic rings. The average molecular weight is 166 g/mol. The number of hydrogen-bond donors (Lipinski definition) is 1. The van der Waals surface area contributed by atoms with Crippen LogP contribution >= 0.6 is 0 Å². The smallest absolute Gasteiger partial charge is 0.0844 e. The molecular weight excluding hydrogens is 154 g/mol. The molecular formula is C5H12NO3S-. The Labute approximate surface area is 63.2 Å². The molecule has 0 aromatic carbocycles. The number of rotatable bonds is 4. The quantitative estimate of drug-likeness (QED) is 0.593. The molecule has 0 aromatic heterocycles. The maximum absolute atomic E-state index is 9.93. The van der Waals surface area contributed by atoms with Crippen molar-refractivity contribution in [3.8, 4) is 0 Å². The normalized spacial score (nSPS) is 20.0. The van der Waals surface area contributed by atoms with Crippen LogP contribution < -0.4 is 5.73 Å². The zero-order valence-corrected chi connectivity index (χ0v) is 6.89. The summed E-state index contributed by atoms with van der Waals surface area (Å²) in [6.45, 7) is 3.47. The van der Waals surface area contributed by atoms with E-state index in [9.17, 15) is 8.76 Å². The molecule has 2 N–H and O–H groups in total. The zero-order chi connectivity index (χ0) is 8.15. The van der Waals surface area contributed by atoms with Crippen LogP contribution in [0.25, 0.3) is 0 Å². The van der Waals surface area contributed by atoms with Gasteiger partial charge in [0.2, 0.25) is 0 Å². The monoisotopic (exact) mass is 166 g/mol. The highest BCUT2D eigenvalue weighted by atomic mass is 32.2. The van der Waals surface area contributed by atoms with E-state index in [4.69, 9.17) is 5.73 Å². The molecule has 0 spiro atoms. The Morgan fingerprint density at radius 3 is 2.50 bits per heavy atom. The Bertz CT molecular complexity index is 117. The zero-order valence-electron chi connectivity index (χ0n) is 6.07. The van der Waals surface area contributed by atoms with Crippen molar-refractivity contribution in [3.05, 3.63) is 0 Å². The first-order chi connectivity index (χ1) is 4.52. The van der Waals surface area contributed by atoms with Crippen molar-refractivity contribution in [3.63, 3.8) is 0 Å². The Morgan fingerprint density at radius 2 is 2.20 bits per heavy atom. The first-order valence-electron chi connectivity index (χ1n) is 3.04. The molecule has 10 heavy (non-hydrogen) atoms. The van der Waals surface area contributed by atoms with Crippen molar-refractivity contribution >= 4 is 11.4 Å². The first kappa shape index (κ1) is 10.0. The van der Waals surface area contributed by atoms with Gasteiger partial charge in [0.25, 0.3) is 0 Å². The van der Waals surface area contributed by atoms with E-state index >= 15 is 0 Å². The van der Waals surface area contributed by atoms with Gasteiger partial charge in [-0.25, -0.2) is 4.21 Å². The number of nitrogens with two attached hydrogens (primary N) is 1. The summed E-state index contributed by atoms with van der Waals surface area (Å²) in [5.74, 6) is 0. The summed E-state index contributed by atoms with van der Waals surface area (Å²) in [5, 5.41) is 0. The minimum Gasteiger partial charge on any atom is -0.750 e. The molecule has 2 unspecified atom stereocenters. The molecule has 0 aliphatic carbocycles. The molecule has 0 heterocycles. The average Bonchev–Trinajstić information content (AvgIpc) is 1.58. The fourth-order valence-corrected chi connectivity index (χ4v) is 1.04. The van der Waals surface area contributed by atoms with Crippen LogP contribution in [-0.4, -0.2) is 20.9 Å². The second-order valence-corrected chi connectivity index (χ2v) is 2.92. The van der Waals surface area contributed by atoms with Crippen LogP contribution in [0.3, 0.4) is 0 Å². The van der Waals surface area contributed by atoms with Gasteiger partial charge in [-0.15, -0.1) is 0 Å². The summed E-state index contributed by atoms with van der Waals surface area (Å²) in [4.78, 5) is 0. The van der Waals surface area contributed by atoms with E-state index in [2.05, 4.69) is 4.18 Å². The van der Waals surface area contributed by atoms with Gasteiger partial charge in [0.1, 0.15) is 0 Å². The van der Waals surface area contributed by atoms with Crippen LogP contribution in [0.4, 0.5) is 0 Å². The van der Waals surface area contributed by atoms with Crippen LogP contribution in [0.2, 0.25) is 0 Å². The predicted octanol–water partition coefficient (Wildman–Crippen LogP) is -0.0771. The van der Waals surface area contributed by atoms with Gasteiger partial charge in [-0.05, 0) is 20.3 Å². The van der Waals surface area contributed by atoms with Gasteiger partial charge < -0.3 is 10.3 Å². The number of hydrogen-bond acceptors (Lipinski definition) is 4. The maximum atomic E-state index is 9.93. The molecule has 4 nitrogen and oxygen atoms in total. The fraction of sp³-hybridized carbons (Fsp3) is 1.00. The molecule has 0 amide bonds. The van der Waals surface area contributed by atoms with Gasteiger partial charge in [0.15, 0.2) is 0 Å². The molecule has 62 valence electrons. The Kier molecular flexibility index (Phi) is 4.80. The molecule has 0 aliphatic heterocycles. The molecule has 5 heteroatoms. The van der Waals surface area contributed by atoms with Crippen LogP contribution in [0.5, 0.6) is 0 Å². The van der Waals surface area contributed by atoms with Crippen LogP contribution in [-0.2, 0) is 15.5 Å². The van der Waals surface area contributed by atoms with Crippen molar-refractivity contribution in [1.82, 2.24) is 0 Å². The van der Waals surface area contributed by atoms with Crippen LogP contribution in [0.1, 0.15) is 20.3 Å². The van der Waals surface area contributed by atoms with E-state index in [1.807, 2.05) is 0 Å². The molecule has 0 radical (unpaired) electrons. The summed E-state index contributed by atoms with van der Waals surface area (Å²) in [6.07, 6.45) is 0.229. The summed E-state index contributed by atoms with van der Waals surface area (Å²) < 4.78 is 24.3. The van der Waals surface area contributed by atoms with Gasteiger partial charge in [0.05, 0.1) is 17.5 Å². The van der Waals surface area contributed by atoms with Gasteiger partial charge in [0, 0.05) is 6.04 Å². The molecule has 0 bridgehead atoms. The topological polar surface area (TPSA) is 75.4 Å². The van der Waals surface area contributed by atoms with E-state index in [0.717, 1.165) is 0 Å². The Balaban J connectivity index is 3.43. The summed E-state index contributed by atoms with van der Waals surface area (Å²) in [5.41, 5.74) is 5.39. The highest BCUT2D eigenvalue weighted by Gasteiger charge is 2.04. The van der Waals surface area contributed by atoms with Crippen molar-refractivity contribution in [2.75, 3.05) is 0 Å². The molecule has 3 atom stereocenters. The second kappa shape index (κ2) is 4.79. The molecule has 0 saturated heterocycles. The highest BCUT2D eigenvalue weighted by molar-refractivity contribution is 7.74. The lowest BCUT2D eigenvalue weighted by Crippen LogP contribution is -2.23. The minimum atomic E-state index is -2.42. The van der Waals surface area contributed by atoms with Crippen LogP contribution in [0, 0.1) is 0 Å². The lowest BCUT2D eigenvalue weighted by Gasteiger charge is -2.15. The maximum Gasteiger partial charge on any atom is 0.0844 e. The minimum absolute atomic E-state index is 0.0291. The van der Waals surface area contributed by atoms with Gasteiger partial charge >= 0.3 is 0 Å². The SMILES string of the molecule is CC(C[C@H](C)N)OS(=O)[O-]. The largest absolute Gasteiger partial charge is 0.750 e. The highest BCUT2D eigenvalue weighted by Crippen LogP contribution is 2.00. The summed E-state index contributed by atoms with van der Waals surface area (Å²) in [7, 11) is 0. The summed E-state index contributed by atoms with van der Waals surface area (Å²) in [6, 6.07) is -0.0291. The van der Waals surface area contributed by atoms with Crippen molar-refractivity contribution < 1.29 is 12.9 Å². The van der Waals surface area contributed by atoms with E-state index in [0.29, 0.717) is 6.42 Å². The standard InChI is InChI=1S/C5H13NO3S/c1-4(6)3-5(2)9-10(7)8/h4-5H,3,6H2,1-2H3,(H,7,8)/p-1/t4-,5?/m0/s1. The lowest BCUT2D eigenvalue weighted by atomic mass is 10.2. The molecule has 0 saturated carbocycles. The van der Waals surface area contributed by atoms with Crippen molar-refractivity contribution in [1.29, 1.82) is 0 Å². The second-order valence-electron chi connectivity index (χ2n) is 2.32. The van der Waals surface area contributed by atoms with E-state index in [1.54, 1.807) is 13.8 Å². The van der Waals surface area contributed by atoms with Crippen LogP contribution in [0.15, 0.2) is 0 Å². The third-order valence-corrected chi connectivity index (χ3v) is 1.43. The molecule has 0 aromatic rings. The van der Waals surface area contributed by atoms with Crippen molar-refractivity contribution in [2.24, 2.45) is 5.73 Å². The van der Waals surface area contributed by atoms with Gasteiger partial charge in [-0.3, -0.25) is 4.18 Å². The van der Waals surface area contributed by atoms with Gasteiger partial charge in [-0.1, -0.05) is 0 Å². The third kappa shape index (κ3) is 6.15. The lowest BCUT2D eigenvalue weighted by molar-refractivity contribution is 0.202. The molecule has 0 fully saturated rings. The first-order valence-corrected chi connectivity index (χ1v) is 4.04. The summed E-state index contributed by atoms with van der Waals surface area (Å²) >= 11 is -2.42. The fourth-order valence-electron chi connectivity index (χ4n) is 0.697. The van der Waals surface area contributed by atoms with Crippen molar-refractivity contribution in [2.45, 2.75) is 32.4 Å². The Morgan fingerprint density at radius 1 is 1.70 bits per heavy atom. The molecule has 0 rings (SSSR count). The van der Waals surface area contributed by atoms with E-state index < -0.39 is 11.4 Å².